The molecule has 0 spiro atoms. The molecule has 4 unspecified atom stereocenters. The Balaban J connectivity index is 1.63. The van der Waals surface area contributed by atoms with Crippen LogP contribution in [0.1, 0.15) is 29.1 Å². The van der Waals surface area contributed by atoms with E-state index in [0.717, 1.165) is 4.57 Å². The van der Waals surface area contributed by atoms with E-state index in [-0.39, 0.29) is 30.4 Å². The zero-order chi connectivity index (χ0) is 23.9. The number of aromatic nitrogens is 2. The summed E-state index contributed by atoms with van der Waals surface area (Å²) in [6.45, 7) is 4.48. The second kappa shape index (κ2) is 8.95. The van der Waals surface area contributed by atoms with E-state index < -0.39 is 42.3 Å². The smallest absolute Gasteiger partial charge is 0.351 e. The standard InChI is InChI=1S/C21H21BrFN3O7/c1-10(2)21(23)17(28)14(7-27)33-19(21)26-6-5-15(25-20(26)30)24-18(29)16-11-8-31-9-32-13(11)4-3-12(16)22/h3-6,14,17,19,27-28H,1,7-9H2,2H3,(H,24,25,29,30). The summed E-state index contributed by atoms with van der Waals surface area (Å²) in [6.07, 6.45) is -3.41. The summed E-state index contributed by atoms with van der Waals surface area (Å²) in [7, 11) is 0. The Kier molecular flexibility index (Phi) is 6.38. The maximum Gasteiger partial charge on any atom is 0.351 e. The Bertz CT molecular complexity index is 1170. The minimum absolute atomic E-state index is 0.0742. The Morgan fingerprint density at radius 2 is 2.21 bits per heavy atom. The molecule has 1 aromatic heterocycles. The van der Waals surface area contributed by atoms with E-state index in [2.05, 4.69) is 32.8 Å². The second-order valence-electron chi connectivity index (χ2n) is 7.67. The monoisotopic (exact) mass is 525 g/mol. The molecule has 1 fully saturated rings. The van der Waals surface area contributed by atoms with Gasteiger partial charge in [0, 0.05) is 16.2 Å². The van der Waals surface area contributed by atoms with Gasteiger partial charge in [-0.25, -0.2) is 9.18 Å². The van der Waals surface area contributed by atoms with Crippen molar-refractivity contribution in [3.8, 4) is 5.75 Å². The molecule has 0 bridgehead atoms. The molecule has 4 atom stereocenters. The van der Waals surface area contributed by atoms with Crippen molar-refractivity contribution in [1.29, 1.82) is 0 Å². The molecule has 12 heteroatoms. The molecule has 3 heterocycles. The van der Waals surface area contributed by atoms with E-state index in [9.17, 15) is 19.8 Å². The maximum atomic E-state index is 15.7. The number of fused-ring (bicyclic) bond motifs is 1. The van der Waals surface area contributed by atoms with Crippen LogP contribution < -0.4 is 15.7 Å². The highest BCUT2D eigenvalue weighted by atomic mass is 79.9. The number of hydrogen-bond donors (Lipinski definition) is 3. The van der Waals surface area contributed by atoms with Crippen LogP contribution in [-0.2, 0) is 16.1 Å². The first-order chi connectivity index (χ1) is 15.7. The van der Waals surface area contributed by atoms with Gasteiger partial charge in [0.25, 0.3) is 5.91 Å². The summed E-state index contributed by atoms with van der Waals surface area (Å²) in [5, 5.41) is 22.2. The average molecular weight is 526 g/mol. The van der Waals surface area contributed by atoms with Gasteiger partial charge >= 0.3 is 5.69 Å². The fourth-order valence-corrected chi connectivity index (χ4v) is 4.39. The van der Waals surface area contributed by atoms with Gasteiger partial charge in [0.2, 0.25) is 5.67 Å². The van der Waals surface area contributed by atoms with Crippen molar-refractivity contribution in [3.63, 3.8) is 0 Å². The Labute approximate surface area is 195 Å². The summed E-state index contributed by atoms with van der Waals surface area (Å²) < 4.78 is 33.0. The molecule has 0 radical (unpaired) electrons. The number of rotatable bonds is 5. The van der Waals surface area contributed by atoms with Gasteiger partial charge < -0.3 is 29.7 Å². The molecular formula is C21H21BrFN3O7. The van der Waals surface area contributed by atoms with E-state index in [0.29, 0.717) is 15.8 Å². The van der Waals surface area contributed by atoms with Gasteiger partial charge in [-0.2, -0.15) is 4.98 Å². The van der Waals surface area contributed by atoms with Crippen LogP contribution in [0.3, 0.4) is 0 Å². The normalized spacial score (nSPS) is 26.4. The van der Waals surface area contributed by atoms with E-state index in [1.807, 2.05) is 0 Å². The van der Waals surface area contributed by atoms with Crippen molar-refractivity contribution >= 4 is 27.7 Å². The molecule has 33 heavy (non-hydrogen) atoms. The lowest BCUT2D eigenvalue weighted by Gasteiger charge is -2.29. The number of ether oxygens (including phenoxy) is 3. The topological polar surface area (TPSA) is 132 Å². The molecule has 4 rings (SSSR count). The number of anilines is 1. The molecule has 1 amide bonds. The molecule has 1 saturated heterocycles. The van der Waals surface area contributed by atoms with Crippen LogP contribution in [0.2, 0.25) is 0 Å². The Morgan fingerprint density at radius 1 is 1.45 bits per heavy atom. The van der Waals surface area contributed by atoms with Crippen LogP contribution >= 0.6 is 15.9 Å². The van der Waals surface area contributed by atoms with Gasteiger partial charge in [-0.05, 0) is 46.6 Å². The fourth-order valence-electron chi connectivity index (χ4n) is 3.84. The maximum absolute atomic E-state index is 15.7. The minimum atomic E-state index is -2.53. The molecule has 3 N–H and O–H groups in total. The third-order valence-electron chi connectivity index (χ3n) is 5.59. The molecule has 2 aliphatic heterocycles. The molecule has 176 valence electrons. The van der Waals surface area contributed by atoms with E-state index in [4.69, 9.17) is 14.2 Å². The SMILES string of the molecule is C=C(C)C1(F)C(O)C(CO)OC1n1ccc(NC(=O)c2c(Br)ccc3c2COCO3)nc1=O. The highest BCUT2D eigenvalue weighted by Crippen LogP contribution is 2.45. The summed E-state index contributed by atoms with van der Waals surface area (Å²) >= 11 is 3.34. The van der Waals surface area contributed by atoms with Gasteiger partial charge in [0.05, 0.1) is 18.8 Å². The van der Waals surface area contributed by atoms with Crippen LogP contribution in [0.15, 0.2) is 45.8 Å². The molecule has 0 saturated carbocycles. The summed E-state index contributed by atoms with van der Waals surface area (Å²) in [6, 6.07) is 4.65. The lowest BCUT2D eigenvalue weighted by atomic mass is 9.89. The van der Waals surface area contributed by atoms with Gasteiger partial charge in [0.1, 0.15) is 23.8 Å². The average Bonchev–Trinajstić information content (AvgIpc) is 3.05. The highest BCUT2D eigenvalue weighted by Gasteiger charge is 2.58. The van der Waals surface area contributed by atoms with Gasteiger partial charge in [0.15, 0.2) is 13.0 Å². The van der Waals surface area contributed by atoms with Crippen LogP contribution in [0.5, 0.6) is 5.75 Å². The number of benzene rings is 1. The number of aliphatic hydroxyl groups excluding tert-OH is 2. The molecule has 2 aliphatic rings. The predicted octanol–water partition coefficient (Wildman–Crippen LogP) is 1.66. The van der Waals surface area contributed by atoms with Crippen molar-refractivity contribution in [2.75, 3.05) is 18.7 Å². The zero-order valence-corrected chi connectivity index (χ0v) is 19.0. The third kappa shape index (κ3) is 3.97. The Hall–Kier alpha value is -2.64. The van der Waals surface area contributed by atoms with Crippen LogP contribution in [0.4, 0.5) is 10.2 Å². The van der Waals surface area contributed by atoms with Crippen molar-refractivity contribution in [3.05, 3.63) is 62.6 Å². The number of carbonyl (C=O) groups is 1. The quantitative estimate of drug-likeness (QED) is 0.502. The van der Waals surface area contributed by atoms with Gasteiger partial charge in [-0.3, -0.25) is 9.36 Å². The number of carbonyl (C=O) groups excluding carboxylic acids is 1. The number of nitrogens with one attached hydrogen (secondary N) is 1. The highest BCUT2D eigenvalue weighted by molar-refractivity contribution is 9.10. The van der Waals surface area contributed by atoms with Gasteiger partial charge in [-0.15, -0.1) is 0 Å². The zero-order valence-electron chi connectivity index (χ0n) is 17.5. The first-order valence-corrected chi connectivity index (χ1v) is 10.7. The third-order valence-corrected chi connectivity index (χ3v) is 6.26. The molecular weight excluding hydrogens is 505 g/mol. The molecule has 0 aliphatic carbocycles. The fraction of sp³-hybridized carbons (Fsp3) is 0.381. The van der Waals surface area contributed by atoms with Gasteiger partial charge in [-0.1, -0.05) is 6.58 Å². The van der Waals surface area contributed by atoms with E-state index >= 15 is 4.39 Å². The van der Waals surface area contributed by atoms with Crippen LogP contribution in [0.25, 0.3) is 0 Å². The first kappa shape index (κ1) is 23.5. The molecule has 1 aromatic carbocycles. The van der Waals surface area contributed by atoms with E-state index in [1.165, 1.54) is 19.2 Å². The van der Waals surface area contributed by atoms with Crippen molar-refractivity contribution in [2.45, 2.75) is 37.6 Å². The largest absolute Gasteiger partial charge is 0.467 e. The van der Waals surface area contributed by atoms with Crippen molar-refractivity contribution < 1.29 is 33.6 Å². The number of amides is 1. The number of aliphatic hydroxyl groups is 2. The number of alkyl halides is 1. The molecule has 10 nitrogen and oxygen atoms in total. The van der Waals surface area contributed by atoms with Crippen LogP contribution in [0, 0.1) is 0 Å². The number of hydrogen-bond acceptors (Lipinski definition) is 8. The van der Waals surface area contributed by atoms with Crippen molar-refractivity contribution in [1.82, 2.24) is 9.55 Å². The Morgan fingerprint density at radius 3 is 2.88 bits per heavy atom. The lowest BCUT2D eigenvalue weighted by Crippen LogP contribution is -2.46. The van der Waals surface area contributed by atoms with Crippen LogP contribution in [-0.4, -0.2) is 56.9 Å². The number of halogens is 2. The first-order valence-electron chi connectivity index (χ1n) is 9.90. The summed E-state index contributed by atoms with van der Waals surface area (Å²) in [4.78, 5) is 29.4. The molecule has 2 aromatic rings. The lowest BCUT2D eigenvalue weighted by molar-refractivity contribution is -0.0572. The van der Waals surface area contributed by atoms with Crippen molar-refractivity contribution in [2.24, 2.45) is 0 Å². The minimum Gasteiger partial charge on any atom is -0.467 e. The second-order valence-corrected chi connectivity index (χ2v) is 8.52. The summed E-state index contributed by atoms with van der Waals surface area (Å²) in [5.41, 5.74) is -2.75. The summed E-state index contributed by atoms with van der Waals surface area (Å²) in [5.74, 6) is -0.139. The van der Waals surface area contributed by atoms with E-state index in [1.54, 1.807) is 12.1 Å². The number of nitrogens with zero attached hydrogens (tertiary/aromatic N) is 2. The predicted molar refractivity (Wildman–Crippen MR) is 117 cm³/mol.